The molecule has 1 aliphatic carbocycles. The van der Waals surface area contributed by atoms with E-state index in [9.17, 15) is 14.7 Å². The topological polar surface area (TPSA) is 79.3 Å². The van der Waals surface area contributed by atoms with Gasteiger partial charge in [-0.15, -0.1) is 0 Å². The summed E-state index contributed by atoms with van der Waals surface area (Å²) in [5.74, 6) is -1.93. The van der Waals surface area contributed by atoms with E-state index in [1.165, 1.54) is 0 Å². The predicted molar refractivity (Wildman–Crippen MR) is 137 cm³/mol. The maximum atomic E-state index is 13.0. The molecule has 5 rings (SSSR count). The number of hydrogen-bond acceptors (Lipinski definition) is 5. The molecule has 7 heteroatoms. The maximum Gasteiger partial charge on any atom is 0.307 e. The summed E-state index contributed by atoms with van der Waals surface area (Å²) in [4.78, 5) is 29.1. The van der Waals surface area contributed by atoms with Crippen LogP contribution >= 0.6 is 22.9 Å². The zero-order valence-electron chi connectivity index (χ0n) is 18.3. The molecule has 3 aromatic carbocycles. The van der Waals surface area contributed by atoms with Crippen LogP contribution in [0, 0.1) is 11.8 Å². The zero-order valence-corrected chi connectivity index (χ0v) is 19.9. The van der Waals surface area contributed by atoms with Crippen molar-refractivity contribution >= 4 is 55.7 Å². The Bertz CT molecular complexity index is 1350. The first-order valence-corrected chi connectivity index (χ1v) is 12.5. The van der Waals surface area contributed by atoms with E-state index in [0.717, 1.165) is 45.0 Å². The molecule has 2 N–H and O–H groups in total. The molecular formula is C27H23ClN2O3S. The molecule has 0 spiro atoms. The number of carboxylic acid groups (broad SMARTS) is 1. The van der Waals surface area contributed by atoms with Gasteiger partial charge in [-0.2, -0.15) is 0 Å². The van der Waals surface area contributed by atoms with Crippen LogP contribution < -0.4 is 5.32 Å². The predicted octanol–water partition coefficient (Wildman–Crippen LogP) is 7.43. The highest BCUT2D eigenvalue weighted by molar-refractivity contribution is 7.22. The van der Waals surface area contributed by atoms with E-state index in [1.807, 2.05) is 66.7 Å². The number of aliphatic carboxylic acids is 1. The van der Waals surface area contributed by atoms with Gasteiger partial charge in [-0.25, -0.2) is 4.98 Å². The molecule has 2 atom stereocenters. The molecule has 1 fully saturated rings. The second-order valence-corrected chi connectivity index (χ2v) is 10.1. The molecule has 0 amide bonds. The van der Waals surface area contributed by atoms with Crippen molar-refractivity contribution in [2.45, 2.75) is 25.7 Å². The molecule has 4 aromatic rings. The number of thiazole rings is 1. The van der Waals surface area contributed by atoms with Gasteiger partial charge in [0.05, 0.1) is 16.1 Å². The summed E-state index contributed by atoms with van der Waals surface area (Å²) in [6, 6.07) is 21.1. The quantitative estimate of drug-likeness (QED) is 0.274. The van der Waals surface area contributed by atoms with Crippen molar-refractivity contribution in [3.05, 3.63) is 77.3 Å². The van der Waals surface area contributed by atoms with E-state index in [-0.39, 0.29) is 5.78 Å². The minimum atomic E-state index is -0.863. The number of fused-ring (bicyclic) bond motifs is 1. The molecule has 1 aliphatic rings. The highest BCUT2D eigenvalue weighted by Crippen LogP contribution is 2.34. The van der Waals surface area contributed by atoms with Gasteiger partial charge in [0.1, 0.15) is 0 Å². The lowest BCUT2D eigenvalue weighted by atomic mass is 9.75. The normalized spacial score (nSPS) is 18.0. The molecule has 172 valence electrons. The number of ketones is 1. The first-order chi connectivity index (χ1) is 16.5. The summed E-state index contributed by atoms with van der Waals surface area (Å²) in [5, 5.41) is 14.3. The molecule has 0 saturated heterocycles. The van der Waals surface area contributed by atoms with E-state index < -0.39 is 17.8 Å². The Labute approximate surface area is 206 Å². The van der Waals surface area contributed by atoms with Gasteiger partial charge >= 0.3 is 5.97 Å². The molecule has 2 unspecified atom stereocenters. The van der Waals surface area contributed by atoms with E-state index in [2.05, 4.69) is 10.3 Å². The van der Waals surface area contributed by atoms with Crippen LogP contribution in [-0.2, 0) is 4.79 Å². The van der Waals surface area contributed by atoms with Crippen molar-refractivity contribution in [2.24, 2.45) is 11.8 Å². The summed E-state index contributed by atoms with van der Waals surface area (Å²) in [6.07, 6.45) is 3.00. The lowest BCUT2D eigenvalue weighted by molar-refractivity contribution is -0.144. The zero-order chi connectivity index (χ0) is 23.7. The van der Waals surface area contributed by atoms with Crippen LogP contribution in [0.25, 0.3) is 21.3 Å². The average Bonchev–Trinajstić information content (AvgIpc) is 3.25. The first-order valence-electron chi connectivity index (χ1n) is 11.3. The fraction of sp³-hybridized carbons (Fsp3) is 0.222. The van der Waals surface area contributed by atoms with Gasteiger partial charge in [0, 0.05) is 22.2 Å². The monoisotopic (exact) mass is 490 g/mol. The Morgan fingerprint density at radius 2 is 1.56 bits per heavy atom. The van der Waals surface area contributed by atoms with Gasteiger partial charge in [-0.05, 0) is 54.3 Å². The van der Waals surface area contributed by atoms with Gasteiger partial charge in [-0.1, -0.05) is 72.2 Å². The Kier molecular flexibility index (Phi) is 6.35. The Morgan fingerprint density at radius 3 is 2.24 bits per heavy atom. The molecule has 1 heterocycles. The molecule has 1 saturated carbocycles. The van der Waals surface area contributed by atoms with Crippen LogP contribution in [-0.4, -0.2) is 21.8 Å². The fourth-order valence-electron chi connectivity index (χ4n) is 4.60. The molecule has 0 bridgehead atoms. The third-order valence-electron chi connectivity index (χ3n) is 6.41. The lowest BCUT2D eigenvalue weighted by Gasteiger charge is -2.27. The molecule has 0 aliphatic heterocycles. The minimum Gasteiger partial charge on any atom is -0.481 e. The van der Waals surface area contributed by atoms with E-state index >= 15 is 0 Å². The number of carbonyl (C=O) groups is 2. The summed E-state index contributed by atoms with van der Waals surface area (Å²) in [6.45, 7) is 0. The fourth-order valence-corrected chi connectivity index (χ4v) is 5.76. The largest absolute Gasteiger partial charge is 0.481 e. The van der Waals surface area contributed by atoms with Crippen molar-refractivity contribution in [2.75, 3.05) is 5.32 Å². The first kappa shape index (κ1) is 22.6. The molecule has 0 radical (unpaired) electrons. The van der Waals surface area contributed by atoms with Crippen LogP contribution in [0.1, 0.15) is 36.0 Å². The number of anilines is 2. The number of Topliss-reactive ketones (excluding diaryl/α,β-unsaturated/α-hetero) is 1. The van der Waals surface area contributed by atoms with Gasteiger partial charge < -0.3 is 10.4 Å². The second-order valence-electron chi connectivity index (χ2n) is 8.61. The molecule has 1 aromatic heterocycles. The third-order valence-corrected chi connectivity index (χ3v) is 7.58. The van der Waals surface area contributed by atoms with Crippen LogP contribution in [0.2, 0.25) is 5.02 Å². The van der Waals surface area contributed by atoms with Crippen molar-refractivity contribution in [1.82, 2.24) is 4.98 Å². The Balaban J connectivity index is 1.28. The minimum absolute atomic E-state index is 0.0599. The lowest BCUT2D eigenvalue weighted by Crippen LogP contribution is -2.32. The Hall–Kier alpha value is -3.22. The number of carbonyl (C=O) groups excluding carboxylic acids is 1. The van der Waals surface area contributed by atoms with Crippen molar-refractivity contribution < 1.29 is 14.7 Å². The summed E-state index contributed by atoms with van der Waals surface area (Å²) >= 11 is 7.61. The summed E-state index contributed by atoms with van der Waals surface area (Å²) in [7, 11) is 0. The number of carboxylic acids is 1. The summed E-state index contributed by atoms with van der Waals surface area (Å²) < 4.78 is 1.03. The third kappa shape index (κ3) is 4.69. The Morgan fingerprint density at radius 1 is 0.912 bits per heavy atom. The van der Waals surface area contributed by atoms with E-state index in [0.29, 0.717) is 23.4 Å². The standard InChI is InChI=1S/C27H23ClN2O3S/c28-19-11-14-23-24(15-19)34-27(30-23)29-20-12-9-17(10-13-20)16-5-7-18(8-6-16)25(31)21-3-1-2-4-22(21)26(32)33/h5-15,21-22H,1-4H2,(H,29,30)(H,32,33). The number of hydrogen-bond donors (Lipinski definition) is 2. The SMILES string of the molecule is O=C(O)C1CCCCC1C(=O)c1ccc(-c2ccc(Nc3nc4ccc(Cl)cc4s3)cc2)cc1. The second kappa shape index (κ2) is 9.57. The van der Waals surface area contributed by atoms with Gasteiger partial charge in [0.15, 0.2) is 10.9 Å². The van der Waals surface area contributed by atoms with Crippen LogP contribution in [0.4, 0.5) is 10.8 Å². The molecular weight excluding hydrogens is 468 g/mol. The van der Waals surface area contributed by atoms with Crippen molar-refractivity contribution in [3.63, 3.8) is 0 Å². The van der Waals surface area contributed by atoms with Crippen LogP contribution in [0.15, 0.2) is 66.7 Å². The molecule has 5 nitrogen and oxygen atoms in total. The van der Waals surface area contributed by atoms with Gasteiger partial charge in [0.25, 0.3) is 0 Å². The average molecular weight is 491 g/mol. The highest BCUT2D eigenvalue weighted by Gasteiger charge is 2.35. The van der Waals surface area contributed by atoms with E-state index in [1.54, 1.807) is 11.3 Å². The van der Waals surface area contributed by atoms with Crippen LogP contribution in [0.3, 0.4) is 0 Å². The van der Waals surface area contributed by atoms with E-state index in [4.69, 9.17) is 11.6 Å². The summed E-state index contributed by atoms with van der Waals surface area (Å²) in [5.41, 5.74) is 4.44. The number of halogens is 1. The van der Waals surface area contributed by atoms with Gasteiger partial charge in [0.2, 0.25) is 0 Å². The number of nitrogens with one attached hydrogen (secondary N) is 1. The van der Waals surface area contributed by atoms with Gasteiger partial charge in [-0.3, -0.25) is 9.59 Å². The van der Waals surface area contributed by atoms with Crippen LogP contribution in [0.5, 0.6) is 0 Å². The number of benzene rings is 3. The molecule has 34 heavy (non-hydrogen) atoms. The maximum absolute atomic E-state index is 13.0. The highest BCUT2D eigenvalue weighted by atomic mass is 35.5. The number of nitrogens with zero attached hydrogens (tertiary/aromatic N) is 1. The number of rotatable bonds is 6. The van der Waals surface area contributed by atoms with Crippen molar-refractivity contribution in [3.8, 4) is 11.1 Å². The number of aromatic nitrogens is 1. The smallest absolute Gasteiger partial charge is 0.307 e. The van der Waals surface area contributed by atoms with Crippen molar-refractivity contribution in [1.29, 1.82) is 0 Å².